The zero-order valence-electron chi connectivity index (χ0n) is 18.5. The van der Waals surface area contributed by atoms with Gasteiger partial charge < -0.3 is 4.74 Å². The molecule has 7 radical (unpaired) electrons. The molecule has 3 rings (SSSR count). The minimum atomic E-state index is 0. The van der Waals surface area contributed by atoms with Gasteiger partial charge in [-0.15, -0.1) is 18.6 Å². The maximum absolute atomic E-state index is 6.08. The quantitative estimate of drug-likeness (QED) is 0.253. The number of benzene rings is 2. The average molecular weight is 916 g/mol. The molecular formula is C21H25OY7-. The maximum atomic E-state index is 6.08. The second kappa shape index (κ2) is 19.0. The van der Waals surface area contributed by atoms with E-state index in [9.17, 15) is 0 Å². The molecule has 2 aromatic carbocycles. The first kappa shape index (κ1) is 44.8. The molecule has 0 saturated carbocycles. The Bertz CT molecular complexity index is 673. The Morgan fingerprint density at radius 2 is 0.862 bits per heavy atom. The van der Waals surface area contributed by atoms with Crippen LogP contribution in [-0.2, 0) is 240 Å². The van der Waals surface area contributed by atoms with Gasteiger partial charge in [0.2, 0.25) is 0 Å². The summed E-state index contributed by atoms with van der Waals surface area (Å²) in [5.41, 5.74) is 5.31. The normalized spacial score (nSPS) is 10.4. The summed E-state index contributed by atoms with van der Waals surface area (Å²) in [7, 11) is 0. The summed E-state index contributed by atoms with van der Waals surface area (Å²) in [4.78, 5) is 0. The van der Waals surface area contributed by atoms with E-state index in [-0.39, 0.29) is 240 Å². The zero-order valence-corrected chi connectivity index (χ0v) is 38.4. The van der Waals surface area contributed by atoms with Crippen LogP contribution in [0.25, 0.3) is 0 Å². The van der Waals surface area contributed by atoms with Gasteiger partial charge in [0.15, 0.2) is 0 Å². The van der Waals surface area contributed by atoms with E-state index in [0.717, 1.165) is 11.5 Å². The van der Waals surface area contributed by atoms with Gasteiger partial charge in [-0.25, -0.2) is 0 Å². The summed E-state index contributed by atoms with van der Waals surface area (Å²) >= 11 is 0. The average Bonchev–Trinajstić information content (AvgIpc) is 2.41. The third-order valence-electron chi connectivity index (χ3n) is 4.28. The topological polar surface area (TPSA) is 9.23 Å². The minimum absolute atomic E-state index is 0. The van der Waals surface area contributed by atoms with Crippen molar-refractivity contribution in [1.82, 2.24) is 0 Å². The Hall–Kier alpha value is 5.84. The number of fused-ring (bicyclic) bond motifs is 2. The SMILES string of the molecule is CC(C)(C)c1ccc2c(c1)[CH-]c1cc(C(C)(C)C)ccc1O2.[Y].[Y].[Y].[Y].[Y].[Y].[Y]. The Morgan fingerprint density at radius 1 is 0.552 bits per heavy atom. The van der Waals surface area contributed by atoms with Crippen molar-refractivity contribution in [1.29, 1.82) is 0 Å². The first-order valence-corrected chi connectivity index (χ1v) is 7.96. The molecule has 1 heterocycles. The van der Waals surface area contributed by atoms with Crippen LogP contribution in [0, 0.1) is 6.42 Å². The molecule has 0 saturated heterocycles. The fraction of sp³-hybridized carbons (Fsp3) is 0.381. The largest absolute Gasteiger partial charge is 0.527 e. The van der Waals surface area contributed by atoms with Crippen LogP contribution in [0.1, 0.15) is 63.8 Å². The van der Waals surface area contributed by atoms with Gasteiger partial charge in [-0.05, 0) is 10.8 Å². The molecule has 0 atom stereocenters. The second-order valence-corrected chi connectivity index (χ2v) is 8.25. The van der Waals surface area contributed by atoms with Crippen LogP contribution in [-0.4, -0.2) is 0 Å². The predicted octanol–water partition coefficient (Wildman–Crippen LogP) is 5.97. The standard InChI is InChI=1S/C21H25O.7Y/c1-20(2,3)16-7-9-18-14(12-16)11-15-13-17(21(4,5)6)8-10-19(15)22-18;;;;;;;/h7-13H,1-6H3;;;;;;;/q-1;;;;;;;. The van der Waals surface area contributed by atoms with Crippen molar-refractivity contribution in [3.05, 3.63) is 65.1 Å². The Balaban J connectivity index is -0.000000274. The smallest absolute Gasteiger partial charge is 0.0573 e. The molecule has 0 N–H and O–H groups in total. The first-order valence-electron chi connectivity index (χ1n) is 7.96. The van der Waals surface area contributed by atoms with Gasteiger partial charge >= 0.3 is 0 Å². The van der Waals surface area contributed by atoms with E-state index in [0.29, 0.717) is 0 Å². The number of ether oxygens (including phenoxy) is 1. The Morgan fingerprint density at radius 3 is 1.14 bits per heavy atom. The van der Waals surface area contributed by atoms with Gasteiger partial charge in [0.25, 0.3) is 0 Å². The van der Waals surface area contributed by atoms with Gasteiger partial charge in [0.1, 0.15) is 0 Å². The van der Waals surface area contributed by atoms with Crippen molar-refractivity contribution in [3.8, 4) is 11.5 Å². The van der Waals surface area contributed by atoms with Crippen molar-refractivity contribution in [2.24, 2.45) is 0 Å². The van der Waals surface area contributed by atoms with E-state index in [1.807, 2.05) is 0 Å². The number of hydrogen-bond acceptors (Lipinski definition) is 1. The van der Waals surface area contributed by atoms with E-state index in [4.69, 9.17) is 4.74 Å². The molecule has 137 valence electrons. The summed E-state index contributed by atoms with van der Waals surface area (Å²) < 4.78 is 6.08. The monoisotopic (exact) mass is 916 g/mol. The van der Waals surface area contributed by atoms with Crippen molar-refractivity contribution in [2.75, 3.05) is 0 Å². The number of rotatable bonds is 0. The fourth-order valence-electron chi connectivity index (χ4n) is 2.73. The fourth-order valence-corrected chi connectivity index (χ4v) is 2.73. The molecule has 29 heavy (non-hydrogen) atoms. The maximum Gasteiger partial charge on any atom is 0.0573 e. The summed E-state index contributed by atoms with van der Waals surface area (Å²) in [6.07, 6.45) is 2.25. The molecule has 0 aromatic heterocycles. The Kier molecular flexibility index (Phi) is 29.3. The van der Waals surface area contributed by atoms with E-state index in [1.165, 1.54) is 22.3 Å². The molecular weight excluding hydrogens is 891 g/mol. The molecule has 0 fully saturated rings. The molecule has 2 aromatic rings. The van der Waals surface area contributed by atoms with Gasteiger partial charge in [0, 0.05) is 229 Å². The Labute approximate surface area is 354 Å². The van der Waals surface area contributed by atoms with Gasteiger partial charge in [-0.1, -0.05) is 88.1 Å². The predicted molar refractivity (Wildman–Crippen MR) is 92.9 cm³/mol. The zero-order chi connectivity index (χ0) is 16.1. The summed E-state index contributed by atoms with van der Waals surface area (Å²) in [5.74, 6) is 1.90. The molecule has 0 spiro atoms. The van der Waals surface area contributed by atoms with Crippen LogP contribution in [0.3, 0.4) is 0 Å². The van der Waals surface area contributed by atoms with E-state index in [2.05, 4.69) is 84.4 Å². The molecule has 1 aliphatic rings. The molecule has 1 aliphatic heterocycles. The minimum Gasteiger partial charge on any atom is -0.527 e. The summed E-state index contributed by atoms with van der Waals surface area (Å²) in [6.45, 7) is 13.4. The van der Waals surface area contributed by atoms with Crippen molar-refractivity contribution in [3.63, 3.8) is 0 Å². The van der Waals surface area contributed by atoms with Gasteiger partial charge in [0.05, 0.1) is 11.5 Å². The van der Waals surface area contributed by atoms with Crippen LogP contribution in [0.15, 0.2) is 36.4 Å². The molecule has 0 amide bonds. The van der Waals surface area contributed by atoms with Crippen molar-refractivity contribution >= 4 is 0 Å². The van der Waals surface area contributed by atoms with Crippen molar-refractivity contribution in [2.45, 2.75) is 52.4 Å². The van der Waals surface area contributed by atoms with E-state index >= 15 is 0 Å². The second-order valence-electron chi connectivity index (χ2n) is 8.25. The molecule has 0 unspecified atom stereocenters. The molecule has 0 bridgehead atoms. The third kappa shape index (κ3) is 12.8. The number of hydrogen-bond donors (Lipinski definition) is 0. The van der Waals surface area contributed by atoms with Gasteiger partial charge in [-0.3, -0.25) is 0 Å². The molecule has 1 nitrogen and oxygen atoms in total. The molecule has 0 aliphatic carbocycles. The van der Waals surface area contributed by atoms with Crippen LogP contribution in [0.2, 0.25) is 0 Å². The van der Waals surface area contributed by atoms with Gasteiger partial charge in [-0.2, -0.15) is 0 Å². The molecule has 8 heteroatoms. The van der Waals surface area contributed by atoms with Crippen LogP contribution in [0.5, 0.6) is 11.5 Å². The summed E-state index contributed by atoms with van der Waals surface area (Å²) in [6, 6.07) is 13.0. The third-order valence-corrected chi connectivity index (χ3v) is 4.28. The first-order chi connectivity index (χ1) is 10.1. The van der Waals surface area contributed by atoms with Crippen LogP contribution >= 0.6 is 0 Å². The van der Waals surface area contributed by atoms with Crippen LogP contribution < -0.4 is 4.74 Å². The summed E-state index contributed by atoms with van der Waals surface area (Å²) in [5, 5.41) is 0. The van der Waals surface area contributed by atoms with Crippen molar-refractivity contribution < 1.29 is 234 Å². The van der Waals surface area contributed by atoms with E-state index in [1.54, 1.807) is 0 Å². The van der Waals surface area contributed by atoms with Crippen LogP contribution in [0.4, 0.5) is 0 Å². The van der Waals surface area contributed by atoms with E-state index < -0.39 is 0 Å².